The Hall–Kier alpha value is -1.49. The molecule has 1 unspecified atom stereocenters. The lowest BCUT2D eigenvalue weighted by atomic mass is 9.87. The van der Waals surface area contributed by atoms with Gasteiger partial charge < -0.3 is 10.4 Å². The molecule has 0 saturated heterocycles. The molecule has 4 nitrogen and oxygen atoms in total. The molecular formula is C15H21NO3S. The van der Waals surface area contributed by atoms with Crippen molar-refractivity contribution in [3.8, 4) is 0 Å². The highest BCUT2D eigenvalue weighted by atomic mass is 32.2. The molecule has 0 spiro atoms. The first-order valence-corrected chi connectivity index (χ1v) is 7.44. The van der Waals surface area contributed by atoms with Crippen molar-refractivity contribution >= 4 is 23.6 Å². The number of carbonyl (C=O) groups is 2. The maximum absolute atomic E-state index is 11.6. The second-order valence-corrected chi connectivity index (χ2v) is 6.74. The SMILES string of the molecule is CC(NC(=O)CSc1ccc(C(C)(C)C)cc1)C(=O)O. The van der Waals surface area contributed by atoms with Gasteiger partial charge in [-0.3, -0.25) is 9.59 Å². The lowest BCUT2D eigenvalue weighted by Gasteiger charge is -2.19. The van der Waals surface area contributed by atoms with E-state index in [0.717, 1.165) is 4.90 Å². The molecule has 1 rings (SSSR count). The third-order valence-corrected chi connectivity index (χ3v) is 3.85. The Kier molecular flexibility index (Phi) is 5.62. The van der Waals surface area contributed by atoms with Gasteiger partial charge in [-0.2, -0.15) is 0 Å². The molecule has 1 aromatic carbocycles. The van der Waals surface area contributed by atoms with Crippen LogP contribution in [0.5, 0.6) is 0 Å². The highest BCUT2D eigenvalue weighted by Crippen LogP contribution is 2.25. The quantitative estimate of drug-likeness (QED) is 0.820. The van der Waals surface area contributed by atoms with Gasteiger partial charge in [0.05, 0.1) is 5.75 Å². The fourth-order valence-electron chi connectivity index (χ4n) is 1.54. The number of carboxylic acids is 1. The van der Waals surface area contributed by atoms with E-state index in [1.165, 1.54) is 24.2 Å². The summed E-state index contributed by atoms with van der Waals surface area (Å²) in [4.78, 5) is 23.2. The summed E-state index contributed by atoms with van der Waals surface area (Å²) < 4.78 is 0. The Morgan fingerprint density at radius 3 is 2.25 bits per heavy atom. The zero-order valence-corrected chi connectivity index (χ0v) is 13.1. The van der Waals surface area contributed by atoms with E-state index in [9.17, 15) is 9.59 Å². The highest BCUT2D eigenvalue weighted by Gasteiger charge is 2.15. The number of carboxylic acid groups (broad SMARTS) is 1. The third-order valence-electron chi connectivity index (χ3n) is 2.84. The Labute approximate surface area is 124 Å². The summed E-state index contributed by atoms with van der Waals surface area (Å²) in [6.45, 7) is 7.89. The molecule has 0 saturated carbocycles. The van der Waals surface area contributed by atoms with Gasteiger partial charge in [-0.05, 0) is 30.0 Å². The predicted octanol–water partition coefficient (Wildman–Crippen LogP) is 2.67. The van der Waals surface area contributed by atoms with Crippen LogP contribution in [-0.2, 0) is 15.0 Å². The first kappa shape index (κ1) is 16.6. The molecule has 0 fully saturated rings. The number of thioether (sulfide) groups is 1. The van der Waals surface area contributed by atoms with Gasteiger partial charge in [-0.15, -0.1) is 11.8 Å². The minimum absolute atomic E-state index is 0.109. The normalized spacial score (nSPS) is 12.8. The Bertz CT molecular complexity index is 477. The molecule has 0 heterocycles. The van der Waals surface area contributed by atoms with Crippen molar-refractivity contribution in [2.75, 3.05) is 5.75 Å². The topological polar surface area (TPSA) is 66.4 Å². The summed E-state index contributed by atoms with van der Waals surface area (Å²) in [6.07, 6.45) is 0. The molecule has 1 amide bonds. The smallest absolute Gasteiger partial charge is 0.325 e. The number of nitrogens with one attached hydrogen (secondary N) is 1. The minimum atomic E-state index is -1.03. The molecule has 0 bridgehead atoms. The number of carbonyl (C=O) groups excluding carboxylic acids is 1. The van der Waals surface area contributed by atoms with Crippen LogP contribution in [0.3, 0.4) is 0 Å². The van der Waals surface area contributed by atoms with Gasteiger partial charge in [0.1, 0.15) is 6.04 Å². The van der Waals surface area contributed by atoms with Gasteiger partial charge in [-0.1, -0.05) is 32.9 Å². The molecule has 110 valence electrons. The predicted molar refractivity (Wildman–Crippen MR) is 81.1 cm³/mol. The molecule has 5 heteroatoms. The lowest BCUT2D eigenvalue weighted by Crippen LogP contribution is -2.39. The second-order valence-electron chi connectivity index (χ2n) is 5.69. The molecule has 1 atom stereocenters. The van der Waals surface area contributed by atoms with Crippen molar-refractivity contribution in [1.82, 2.24) is 5.32 Å². The van der Waals surface area contributed by atoms with Crippen LogP contribution >= 0.6 is 11.8 Å². The molecule has 0 aliphatic carbocycles. The van der Waals surface area contributed by atoms with Crippen LogP contribution < -0.4 is 5.32 Å². The Morgan fingerprint density at radius 1 is 1.25 bits per heavy atom. The summed E-state index contributed by atoms with van der Waals surface area (Å²) in [5.74, 6) is -1.09. The van der Waals surface area contributed by atoms with Crippen molar-refractivity contribution in [2.45, 2.75) is 44.0 Å². The van der Waals surface area contributed by atoms with Crippen LogP contribution in [0.15, 0.2) is 29.2 Å². The van der Waals surface area contributed by atoms with Crippen molar-refractivity contribution in [3.05, 3.63) is 29.8 Å². The number of hydrogen-bond acceptors (Lipinski definition) is 3. The fourth-order valence-corrected chi connectivity index (χ4v) is 2.25. The summed E-state index contributed by atoms with van der Waals surface area (Å²) in [6, 6.07) is 7.23. The van der Waals surface area contributed by atoms with E-state index in [-0.39, 0.29) is 17.1 Å². The van der Waals surface area contributed by atoms with E-state index in [0.29, 0.717) is 0 Å². The van der Waals surface area contributed by atoms with Crippen molar-refractivity contribution in [3.63, 3.8) is 0 Å². The van der Waals surface area contributed by atoms with Gasteiger partial charge in [-0.25, -0.2) is 0 Å². The number of aliphatic carboxylic acids is 1. The zero-order chi connectivity index (χ0) is 15.3. The van der Waals surface area contributed by atoms with Crippen LogP contribution in [0.2, 0.25) is 0 Å². The summed E-state index contributed by atoms with van der Waals surface area (Å²) in [5.41, 5.74) is 1.35. The highest BCUT2D eigenvalue weighted by molar-refractivity contribution is 8.00. The monoisotopic (exact) mass is 295 g/mol. The largest absolute Gasteiger partial charge is 0.480 e. The molecule has 20 heavy (non-hydrogen) atoms. The maximum atomic E-state index is 11.6. The van der Waals surface area contributed by atoms with E-state index in [2.05, 4.69) is 38.2 Å². The van der Waals surface area contributed by atoms with Crippen LogP contribution in [0.1, 0.15) is 33.3 Å². The van der Waals surface area contributed by atoms with Crippen LogP contribution in [-0.4, -0.2) is 28.8 Å². The summed E-state index contributed by atoms with van der Waals surface area (Å²) in [7, 11) is 0. The van der Waals surface area contributed by atoms with E-state index < -0.39 is 12.0 Å². The molecule has 2 N–H and O–H groups in total. The standard InChI is InChI=1S/C15H21NO3S/c1-10(14(18)19)16-13(17)9-20-12-7-5-11(6-8-12)15(2,3)4/h5-8,10H,9H2,1-4H3,(H,16,17)(H,18,19). The number of amides is 1. The van der Waals surface area contributed by atoms with Crippen LogP contribution in [0.25, 0.3) is 0 Å². The lowest BCUT2D eigenvalue weighted by molar-refractivity contribution is -0.140. The third kappa shape index (κ3) is 5.25. The van der Waals surface area contributed by atoms with Crippen LogP contribution in [0, 0.1) is 0 Å². The van der Waals surface area contributed by atoms with E-state index in [1.807, 2.05) is 12.1 Å². The van der Waals surface area contributed by atoms with Crippen LogP contribution in [0.4, 0.5) is 0 Å². The number of hydrogen-bond donors (Lipinski definition) is 2. The molecule has 0 radical (unpaired) electrons. The van der Waals surface area contributed by atoms with Gasteiger partial charge >= 0.3 is 5.97 Å². The van der Waals surface area contributed by atoms with Gasteiger partial charge in [0.15, 0.2) is 0 Å². The Balaban J connectivity index is 2.50. The second kappa shape index (κ2) is 6.79. The van der Waals surface area contributed by atoms with Crippen molar-refractivity contribution in [1.29, 1.82) is 0 Å². The molecule has 1 aromatic rings. The Morgan fingerprint density at radius 2 is 1.80 bits per heavy atom. The van der Waals surface area contributed by atoms with E-state index in [1.54, 1.807) is 0 Å². The summed E-state index contributed by atoms with van der Waals surface area (Å²) >= 11 is 1.40. The van der Waals surface area contributed by atoms with E-state index >= 15 is 0 Å². The van der Waals surface area contributed by atoms with Crippen molar-refractivity contribution in [2.24, 2.45) is 0 Å². The fraction of sp³-hybridized carbons (Fsp3) is 0.467. The van der Waals surface area contributed by atoms with Gasteiger partial charge in [0.25, 0.3) is 0 Å². The molecule has 0 aliphatic rings. The van der Waals surface area contributed by atoms with Crippen molar-refractivity contribution < 1.29 is 14.7 Å². The minimum Gasteiger partial charge on any atom is -0.480 e. The molecule has 0 aromatic heterocycles. The molecular weight excluding hydrogens is 274 g/mol. The number of benzene rings is 1. The maximum Gasteiger partial charge on any atom is 0.325 e. The first-order chi connectivity index (χ1) is 9.20. The first-order valence-electron chi connectivity index (χ1n) is 6.45. The average molecular weight is 295 g/mol. The van der Waals surface area contributed by atoms with E-state index in [4.69, 9.17) is 5.11 Å². The van der Waals surface area contributed by atoms with Gasteiger partial charge in [0, 0.05) is 4.90 Å². The number of rotatable bonds is 5. The average Bonchev–Trinajstić information content (AvgIpc) is 2.35. The van der Waals surface area contributed by atoms with Gasteiger partial charge in [0.2, 0.25) is 5.91 Å². The zero-order valence-electron chi connectivity index (χ0n) is 12.3. The summed E-state index contributed by atoms with van der Waals surface area (Å²) in [5, 5.41) is 11.1. The molecule has 0 aliphatic heterocycles.